The molecule has 0 N–H and O–H groups in total. The van der Waals surface area contributed by atoms with Crippen LogP contribution in [0.5, 0.6) is 0 Å². The van der Waals surface area contributed by atoms with Gasteiger partial charge in [0.15, 0.2) is 5.82 Å². The highest BCUT2D eigenvalue weighted by Gasteiger charge is 2.13. The van der Waals surface area contributed by atoms with Gasteiger partial charge in [0.25, 0.3) is 0 Å². The molecule has 0 aliphatic heterocycles. The summed E-state index contributed by atoms with van der Waals surface area (Å²) in [6.45, 7) is 5.51. The maximum Gasteiger partial charge on any atom is 0.222 e. The Kier molecular flexibility index (Phi) is 5.39. The van der Waals surface area contributed by atoms with Crippen LogP contribution in [0.3, 0.4) is 0 Å². The van der Waals surface area contributed by atoms with Crippen molar-refractivity contribution in [1.82, 2.24) is 14.9 Å². The lowest BCUT2D eigenvalue weighted by molar-refractivity contribution is -0.130. The van der Waals surface area contributed by atoms with Gasteiger partial charge in [-0.05, 0) is 26.3 Å². The van der Waals surface area contributed by atoms with Crippen molar-refractivity contribution in [2.45, 2.75) is 26.7 Å². The average Bonchev–Trinajstić information content (AvgIpc) is 2.67. The third kappa shape index (κ3) is 3.85. The number of carbonyl (C=O) groups excluding carboxylic acids is 1. The molecule has 1 amide bonds. The first-order valence-electron chi connectivity index (χ1n) is 8.81. The standard InChI is InChI=1S/C21H23N3O/c1-3-24(4-2)20(25)15-14-19-17-12-8-9-13-18(17)22-21(23-19)16-10-6-5-7-11-16/h5-13H,3-4,14-15H2,1-2H3. The van der Waals surface area contributed by atoms with Crippen LogP contribution >= 0.6 is 0 Å². The van der Waals surface area contributed by atoms with E-state index in [-0.39, 0.29) is 5.91 Å². The number of benzene rings is 2. The molecule has 0 bridgehead atoms. The topological polar surface area (TPSA) is 46.1 Å². The predicted molar refractivity (Wildman–Crippen MR) is 101 cm³/mol. The van der Waals surface area contributed by atoms with Gasteiger partial charge in [0.2, 0.25) is 5.91 Å². The summed E-state index contributed by atoms with van der Waals surface area (Å²) in [7, 11) is 0. The summed E-state index contributed by atoms with van der Waals surface area (Å²) in [5.41, 5.74) is 2.84. The minimum Gasteiger partial charge on any atom is -0.343 e. The van der Waals surface area contributed by atoms with E-state index in [1.165, 1.54) is 0 Å². The molecule has 1 aromatic heterocycles. The fraction of sp³-hybridized carbons (Fsp3) is 0.286. The Balaban J connectivity index is 1.94. The van der Waals surface area contributed by atoms with Crippen molar-refractivity contribution >= 4 is 16.8 Å². The summed E-state index contributed by atoms with van der Waals surface area (Å²) >= 11 is 0. The molecule has 128 valence electrons. The maximum atomic E-state index is 12.4. The van der Waals surface area contributed by atoms with Crippen molar-refractivity contribution < 1.29 is 4.79 Å². The maximum absolute atomic E-state index is 12.4. The molecule has 4 heteroatoms. The third-order valence-electron chi connectivity index (χ3n) is 4.41. The van der Waals surface area contributed by atoms with Gasteiger partial charge in [-0.25, -0.2) is 9.97 Å². The molecule has 0 fully saturated rings. The van der Waals surface area contributed by atoms with Crippen molar-refractivity contribution in [3.05, 3.63) is 60.3 Å². The number of aromatic nitrogens is 2. The summed E-state index contributed by atoms with van der Waals surface area (Å²) in [5.74, 6) is 0.888. The van der Waals surface area contributed by atoms with Crippen molar-refractivity contribution in [3.8, 4) is 11.4 Å². The molecule has 0 radical (unpaired) electrons. The highest BCUT2D eigenvalue weighted by Crippen LogP contribution is 2.22. The number of fused-ring (bicyclic) bond motifs is 1. The minimum absolute atomic E-state index is 0.175. The second-order valence-corrected chi connectivity index (χ2v) is 5.94. The normalized spacial score (nSPS) is 10.8. The number of hydrogen-bond acceptors (Lipinski definition) is 3. The number of aryl methyl sites for hydroxylation is 1. The Morgan fingerprint density at radius 2 is 1.60 bits per heavy atom. The minimum atomic E-state index is 0.175. The molecule has 0 spiro atoms. The molecular weight excluding hydrogens is 310 g/mol. The molecule has 0 aliphatic rings. The fourth-order valence-electron chi connectivity index (χ4n) is 3.01. The van der Waals surface area contributed by atoms with E-state index < -0.39 is 0 Å². The summed E-state index contributed by atoms with van der Waals surface area (Å²) in [4.78, 5) is 23.7. The van der Waals surface area contributed by atoms with Gasteiger partial charge in [0.1, 0.15) is 0 Å². The van der Waals surface area contributed by atoms with Crippen LogP contribution < -0.4 is 0 Å². The van der Waals surface area contributed by atoms with E-state index in [1.54, 1.807) is 0 Å². The zero-order chi connectivity index (χ0) is 17.6. The van der Waals surface area contributed by atoms with Crippen molar-refractivity contribution in [2.75, 3.05) is 13.1 Å². The zero-order valence-corrected chi connectivity index (χ0v) is 14.8. The molecule has 3 rings (SSSR count). The van der Waals surface area contributed by atoms with Gasteiger partial charge in [0, 0.05) is 30.5 Å². The first kappa shape index (κ1) is 17.1. The van der Waals surface area contributed by atoms with E-state index >= 15 is 0 Å². The van der Waals surface area contributed by atoms with Crippen LogP contribution in [-0.4, -0.2) is 33.9 Å². The molecule has 4 nitrogen and oxygen atoms in total. The number of nitrogens with zero attached hydrogens (tertiary/aromatic N) is 3. The molecule has 3 aromatic rings. The molecular formula is C21H23N3O. The van der Waals surface area contributed by atoms with Crippen LogP contribution in [-0.2, 0) is 11.2 Å². The van der Waals surface area contributed by atoms with Crippen molar-refractivity contribution in [2.24, 2.45) is 0 Å². The van der Waals surface area contributed by atoms with E-state index in [0.717, 1.165) is 35.2 Å². The Morgan fingerprint density at radius 3 is 2.32 bits per heavy atom. The first-order valence-corrected chi connectivity index (χ1v) is 8.81. The highest BCUT2D eigenvalue weighted by atomic mass is 16.2. The molecule has 0 atom stereocenters. The quantitative estimate of drug-likeness (QED) is 0.682. The van der Waals surface area contributed by atoms with E-state index in [2.05, 4.69) is 0 Å². The number of para-hydroxylation sites is 1. The summed E-state index contributed by atoms with van der Waals surface area (Å²) in [6.07, 6.45) is 1.09. The number of rotatable bonds is 6. The van der Waals surface area contributed by atoms with Gasteiger partial charge in [-0.1, -0.05) is 48.5 Å². The smallest absolute Gasteiger partial charge is 0.222 e. The van der Waals surface area contributed by atoms with E-state index in [1.807, 2.05) is 73.3 Å². The predicted octanol–water partition coefficient (Wildman–Crippen LogP) is 4.10. The Labute approximate surface area is 148 Å². The lowest BCUT2D eigenvalue weighted by Gasteiger charge is -2.18. The van der Waals surface area contributed by atoms with Gasteiger partial charge < -0.3 is 4.90 Å². The fourth-order valence-corrected chi connectivity index (χ4v) is 3.01. The van der Waals surface area contributed by atoms with Crippen LogP contribution in [0.1, 0.15) is 26.0 Å². The van der Waals surface area contributed by atoms with Crippen molar-refractivity contribution in [3.63, 3.8) is 0 Å². The second kappa shape index (κ2) is 7.88. The van der Waals surface area contributed by atoms with Crippen LogP contribution in [0.4, 0.5) is 0 Å². The average molecular weight is 333 g/mol. The number of carbonyl (C=O) groups is 1. The third-order valence-corrected chi connectivity index (χ3v) is 4.41. The lowest BCUT2D eigenvalue weighted by atomic mass is 10.1. The zero-order valence-electron chi connectivity index (χ0n) is 14.8. The van der Waals surface area contributed by atoms with E-state index in [4.69, 9.17) is 9.97 Å². The summed E-state index contributed by atoms with van der Waals surface area (Å²) < 4.78 is 0. The molecule has 0 unspecified atom stereocenters. The molecule has 1 heterocycles. The van der Waals surface area contributed by atoms with Crippen LogP contribution in [0.25, 0.3) is 22.3 Å². The Hall–Kier alpha value is -2.75. The summed E-state index contributed by atoms with van der Waals surface area (Å²) in [5, 5.41) is 1.02. The largest absolute Gasteiger partial charge is 0.343 e. The molecule has 0 saturated carbocycles. The molecule has 2 aromatic carbocycles. The SMILES string of the molecule is CCN(CC)C(=O)CCc1nc(-c2ccccc2)nc2ccccc12. The van der Waals surface area contributed by atoms with Gasteiger partial charge in [-0.15, -0.1) is 0 Å². The van der Waals surface area contributed by atoms with Gasteiger partial charge in [-0.3, -0.25) is 4.79 Å². The molecule has 25 heavy (non-hydrogen) atoms. The van der Waals surface area contributed by atoms with Gasteiger partial charge in [0.05, 0.1) is 11.2 Å². The highest BCUT2D eigenvalue weighted by molar-refractivity contribution is 5.83. The lowest BCUT2D eigenvalue weighted by Crippen LogP contribution is -2.30. The van der Waals surface area contributed by atoms with Crippen LogP contribution in [0.2, 0.25) is 0 Å². The van der Waals surface area contributed by atoms with Crippen molar-refractivity contribution in [1.29, 1.82) is 0 Å². The Bertz CT molecular complexity index is 857. The monoisotopic (exact) mass is 333 g/mol. The molecule has 0 saturated heterocycles. The number of hydrogen-bond donors (Lipinski definition) is 0. The van der Waals surface area contributed by atoms with Gasteiger partial charge in [-0.2, -0.15) is 0 Å². The van der Waals surface area contributed by atoms with Crippen LogP contribution in [0, 0.1) is 0 Å². The van der Waals surface area contributed by atoms with E-state index in [0.29, 0.717) is 18.7 Å². The van der Waals surface area contributed by atoms with E-state index in [9.17, 15) is 4.79 Å². The summed E-state index contributed by atoms with van der Waals surface area (Å²) in [6, 6.07) is 18.0. The molecule has 0 aliphatic carbocycles. The first-order chi connectivity index (χ1) is 12.2. The number of amides is 1. The Morgan fingerprint density at radius 1 is 0.920 bits per heavy atom. The van der Waals surface area contributed by atoms with Gasteiger partial charge >= 0.3 is 0 Å². The second-order valence-electron chi connectivity index (χ2n) is 5.94. The van der Waals surface area contributed by atoms with Crippen LogP contribution in [0.15, 0.2) is 54.6 Å².